The molecule has 106 valence electrons. The Morgan fingerprint density at radius 3 is 2.42 bits per heavy atom. The highest BCUT2D eigenvalue weighted by Crippen LogP contribution is 2.23. The summed E-state index contributed by atoms with van der Waals surface area (Å²) in [7, 11) is 0. The standard InChI is InChI=1S/C13H18F2N2O2/c1-8(2)5-17-6-9-3-10(14)13(11(15)4-9)19-7-12(16)18/h3-4,8,17H,5-7H2,1-2H3,(H2,16,18). The predicted molar refractivity (Wildman–Crippen MR) is 67.6 cm³/mol. The second-order valence-corrected chi connectivity index (χ2v) is 4.67. The molecule has 6 heteroatoms. The molecular weight excluding hydrogens is 254 g/mol. The summed E-state index contributed by atoms with van der Waals surface area (Å²) >= 11 is 0. The van der Waals surface area contributed by atoms with Gasteiger partial charge in [-0.25, -0.2) is 8.78 Å². The van der Waals surface area contributed by atoms with Gasteiger partial charge in [0, 0.05) is 6.54 Å². The van der Waals surface area contributed by atoms with Gasteiger partial charge in [-0.15, -0.1) is 0 Å². The van der Waals surface area contributed by atoms with Gasteiger partial charge in [0.25, 0.3) is 5.91 Å². The molecule has 3 N–H and O–H groups in total. The third-order valence-corrected chi connectivity index (χ3v) is 2.30. The van der Waals surface area contributed by atoms with E-state index in [9.17, 15) is 13.6 Å². The SMILES string of the molecule is CC(C)CNCc1cc(F)c(OCC(N)=O)c(F)c1. The molecule has 0 aromatic heterocycles. The molecule has 0 saturated carbocycles. The molecule has 0 aliphatic rings. The van der Waals surface area contributed by atoms with Gasteiger partial charge < -0.3 is 15.8 Å². The molecule has 0 spiro atoms. The summed E-state index contributed by atoms with van der Waals surface area (Å²) in [5, 5.41) is 3.08. The van der Waals surface area contributed by atoms with Crippen LogP contribution in [0.25, 0.3) is 0 Å². The van der Waals surface area contributed by atoms with Crippen molar-refractivity contribution in [1.29, 1.82) is 0 Å². The molecule has 1 rings (SSSR count). The zero-order chi connectivity index (χ0) is 14.4. The Balaban J connectivity index is 2.70. The van der Waals surface area contributed by atoms with Gasteiger partial charge in [-0.3, -0.25) is 4.79 Å². The van der Waals surface area contributed by atoms with E-state index in [4.69, 9.17) is 5.73 Å². The van der Waals surface area contributed by atoms with E-state index in [-0.39, 0.29) is 0 Å². The molecule has 0 bridgehead atoms. The number of rotatable bonds is 7. The van der Waals surface area contributed by atoms with Crippen LogP contribution in [0.4, 0.5) is 8.78 Å². The van der Waals surface area contributed by atoms with Crippen molar-refractivity contribution in [2.24, 2.45) is 11.7 Å². The molecule has 0 aliphatic heterocycles. The molecule has 0 fully saturated rings. The van der Waals surface area contributed by atoms with Crippen LogP contribution in [-0.2, 0) is 11.3 Å². The van der Waals surface area contributed by atoms with E-state index in [0.717, 1.165) is 6.54 Å². The van der Waals surface area contributed by atoms with Crippen molar-refractivity contribution in [2.45, 2.75) is 20.4 Å². The van der Waals surface area contributed by atoms with Crippen LogP contribution in [0.2, 0.25) is 0 Å². The molecule has 4 nitrogen and oxygen atoms in total. The van der Waals surface area contributed by atoms with Crippen molar-refractivity contribution in [2.75, 3.05) is 13.2 Å². The molecule has 1 amide bonds. The molecule has 19 heavy (non-hydrogen) atoms. The van der Waals surface area contributed by atoms with Crippen LogP contribution < -0.4 is 15.8 Å². The van der Waals surface area contributed by atoms with E-state index in [1.807, 2.05) is 13.8 Å². The Morgan fingerprint density at radius 2 is 1.95 bits per heavy atom. The van der Waals surface area contributed by atoms with Crippen molar-refractivity contribution in [3.05, 3.63) is 29.3 Å². The molecular formula is C13H18F2N2O2. The van der Waals surface area contributed by atoms with E-state index < -0.39 is 29.9 Å². The first kappa shape index (κ1) is 15.4. The highest BCUT2D eigenvalue weighted by Gasteiger charge is 2.13. The van der Waals surface area contributed by atoms with Crippen LogP contribution in [0.1, 0.15) is 19.4 Å². The minimum absolute atomic E-state index is 0.363. The van der Waals surface area contributed by atoms with Gasteiger partial charge in [0.1, 0.15) is 0 Å². The number of halogens is 2. The summed E-state index contributed by atoms with van der Waals surface area (Å²) in [6, 6.07) is 2.35. The summed E-state index contributed by atoms with van der Waals surface area (Å²) in [5.41, 5.74) is 5.32. The van der Waals surface area contributed by atoms with Gasteiger partial charge in [-0.2, -0.15) is 0 Å². The number of hydrogen-bond donors (Lipinski definition) is 2. The summed E-state index contributed by atoms with van der Waals surface area (Å²) in [5.74, 6) is -2.61. The van der Waals surface area contributed by atoms with Crippen LogP contribution in [0.5, 0.6) is 5.75 Å². The highest BCUT2D eigenvalue weighted by molar-refractivity contribution is 5.75. The maximum atomic E-state index is 13.6. The number of carbonyl (C=O) groups excluding carboxylic acids is 1. The quantitative estimate of drug-likeness (QED) is 0.792. The normalized spacial score (nSPS) is 10.8. The molecule has 0 heterocycles. The van der Waals surface area contributed by atoms with Crippen LogP contribution in [-0.4, -0.2) is 19.1 Å². The fraction of sp³-hybridized carbons (Fsp3) is 0.462. The number of nitrogens with one attached hydrogen (secondary N) is 1. The zero-order valence-electron chi connectivity index (χ0n) is 11.0. The Labute approximate surface area is 110 Å². The average Bonchev–Trinajstić information content (AvgIpc) is 2.26. The van der Waals surface area contributed by atoms with E-state index in [1.54, 1.807) is 0 Å². The number of nitrogens with two attached hydrogens (primary N) is 1. The third-order valence-electron chi connectivity index (χ3n) is 2.30. The second-order valence-electron chi connectivity index (χ2n) is 4.67. The summed E-state index contributed by atoms with van der Waals surface area (Å²) < 4.78 is 31.9. The van der Waals surface area contributed by atoms with Crippen molar-refractivity contribution in [1.82, 2.24) is 5.32 Å². The molecule has 0 atom stereocenters. The number of hydrogen-bond acceptors (Lipinski definition) is 3. The number of ether oxygens (including phenoxy) is 1. The molecule has 0 aliphatic carbocycles. The fourth-order valence-electron chi connectivity index (χ4n) is 1.50. The summed E-state index contributed by atoms with van der Waals surface area (Å²) in [6.45, 7) is 4.63. The van der Waals surface area contributed by atoms with Crippen LogP contribution in [0, 0.1) is 17.6 Å². The van der Waals surface area contributed by atoms with Crippen molar-refractivity contribution >= 4 is 5.91 Å². The van der Waals surface area contributed by atoms with Crippen LogP contribution in [0.15, 0.2) is 12.1 Å². The smallest absolute Gasteiger partial charge is 0.255 e. The van der Waals surface area contributed by atoms with Gasteiger partial charge in [-0.1, -0.05) is 13.8 Å². The van der Waals surface area contributed by atoms with Crippen molar-refractivity contribution in [3.63, 3.8) is 0 Å². The highest BCUT2D eigenvalue weighted by atomic mass is 19.1. The van der Waals surface area contributed by atoms with E-state index >= 15 is 0 Å². The van der Waals surface area contributed by atoms with Crippen molar-refractivity contribution in [3.8, 4) is 5.75 Å². The largest absolute Gasteiger partial charge is 0.478 e. The van der Waals surface area contributed by atoms with E-state index in [1.165, 1.54) is 12.1 Å². The van der Waals surface area contributed by atoms with E-state index in [2.05, 4.69) is 10.1 Å². The first-order valence-electron chi connectivity index (χ1n) is 6.00. The predicted octanol–water partition coefficient (Wildman–Crippen LogP) is 1.57. The number of amides is 1. The lowest BCUT2D eigenvalue weighted by molar-refractivity contribution is -0.120. The lowest BCUT2D eigenvalue weighted by Gasteiger charge is -2.10. The fourth-order valence-corrected chi connectivity index (χ4v) is 1.50. The summed E-state index contributed by atoms with van der Waals surface area (Å²) in [4.78, 5) is 10.5. The van der Waals surface area contributed by atoms with E-state index in [0.29, 0.717) is 18.0 Å². The van der Waals surface area contributed by atoms with Gasteiger partial charge in [0.2, 0.25) is 0 Å². The second kappa shape index (κ2) is 7.04. The number of primary amides is 1. The first-order chi connectivity index (χ1) is 8.90. The topological polar surface area (TPSA) is 64.3 Å². The maximum absolute atomic E-state index is 13.6. The minimum atomic E-state index is -0.845. The Bertz CT molecular complexity index is 427. The minimum Gasteiger partial charge on any atom is -0.478 e. The summed E-state index contributed by atoms with van der Waals surface area (Å²) in [6.07, 6.45) is 0. The monoisotopic (exact) mass is 272 g/mol. The molecule has 1 aromatic carbocycles. The molecule has 0 saturated heterocycles. The number of carbonyl (C=O) groups is 1. The van der Waals surface area contributed by atoms with Gasteiger partial charge >= 0.3 is 0 Å². The van der Waals surface area contributed by atoms with Crippen LogP contribution >= 0.6 is 0 Å². The van der Waals surface area contributed by atoms with Gasteiger partial charge in [-0.05, 0) is 30.2 Å². The van der Waals surface area contributed by atoms with Gasteiger partial charge in [0.05, 0.1) is 0 Å². The van der Waals surface area contributed by atoms with Gasteiger partial charge in [0.15, 0.2) is 24.0 Å². The Kier molecular flexibility index (Phi) is 5.69. The Hall–Kier alpha value is -1.69. The lowest BCUT2D eigenvalue weighted by atomic mass is 10.1. The van der Waals surface area contributed by atoms with Crippen molar-refractivity contribution < 1.29 is 18.3 Å². The lowest BCUT2D eigenvalue weighted by Crippen LogP contribution is -2.21. The molecule has 1 aromatic rings. The Morgan fingerprint density at radius 1 is 1.37 bits per heavy atom. The molecule has 0 radical (unpaired) electrons. The maximum Gasteiger partial charge on any atom is 0.255 e. The average molecular weight is 272 g/mol. The third kappa shape index (κ3) is 5.21. The molecule has 0 unspecified atom stereocenters. The first-order valence-corrected chi connectivity index (χ1v) is 6.00. The number of benzene rings is 1. The van der Waals surface area contributed by atoms with Crippen LogP contribution in [0.3, 0.4) is 0 Å². The zero-order valence-corrected chi connectivity index (χ0v) is 11.0.